The van der Waals surface area contributed by atoms with Gasteiger partial charge in [0.1, 0.15) is 11.2 Å². The predicted molar refractivity (Wildman–Crippen MR) is 120 cm³/mol. The number of nitrogens with zero attached hydrogens (tertiary/aromatic N) is 2. The molecule has 3 aromatic rings. The summed E-state index contributed by atoms with van der Waals surface area (Å²) in [5.74, 6) is -0.797. The fraction of sp³-hybridized carbons (Fsp3) is 0.150. The predicted octanol–water partition coefficient (Wildman–Crippen LogP) is 3.05. The van der Waals surface area contributed by atoms with Crippen molar-refractivity contribution < 1.29 is 17.6 Å². The van der Waals surface area contributed by atoms with Crippen LogP contribution in [0.15, 0.2) is 68.6 Å². The summed E-state index contributed by atoms with van der Waals surface area (Å²) in [6, 6.07) is 12.7. The molecule has 1 aromatic heterocycles. The zero-order valence-electron chi connectivity index (χ0n) is 15.8. The Morgan fingerprint density at radius 1 is 1.23 bits per heavy atom. The number of carbonyl (C=O) groups excluding carboxylic acids is 1. The first-order valence-corrected chi connectivity index (χ1v) is 11.5. The molecule has 2 N–H and O–H groups in total. The van der Waals surface area contributed by atoms with Gasteiger partial charge in [-0.05, 0) is 53.3 Å². The molecule has 30 heavy (non-hydrogen) atoms. The normalized spacial score (nSPS) is 15.5. The summed E-state index contributed by atoms with van der Waals surface area (Å²) in [6.45, 7) is 2.14. The molecular weight excluding hydrogens is 519 g/mol. The second kappa shape index (κ2) is 8.19. The van der Waals surface area contributed by atoms with Crippen molar-refractivity contribution in [2.75, 3.05) is 11.9 Å². The van der Waals surface area contributed by atoms with E-state index < -0.39 is 15.9 Å². The fourth-order valence-corrected chi connectivity index (χ4v) is 4.91. The van der Waals surface area contributed by atoms with Crippen molar-refractivity contribution >= 4 is 50.0 Å². The summed E-state index contributed by atoms with van der Waals surface area (Å²) >= 11 is 2.02. The number of halogens is 1. The Labute approximate surface area is 187 Å². The third-order valence-electron chi connectivity index (χ3n) is 4.60. The van der Waals surface area contributed by atoms with Crippen molar-refractivity contribution in [1.29, 1.82) is 0 Å². The van der Waals surface area contributed by atoms with Crippen LogP contribution in [0.3, 0.4) is 0 Å². The second-order valence-corrected chi connectivity index (χ2v) is 9.54. The monoisotopic (exact) mass is 536 g/mol. The first-order chi connectivity index (χ1) is 14.3. The van der Waals surface area contributed by atoms with E-state index in [0.29, 0.717) is 11.6 Å². The summed E-state index contributed by atoms with van der Waals surface area (Å²) in [6.07, 6.45) is 3.01. The Morgan fingerprint density at radius 2 is 2.00 bits per heavy atom. The molecule has 1 amide bonds. The van der Waals surface area contributed by atoms with Gasteiger partial charge < -0.3 is 15.1 Å². The van der Waals surface area contributed by atoms with Crippen molar-refractivity contribution in [3.63, 3.8) is 0 Å². The molecule has 1 unspecified atom stereocenters. The van der Waals surface area contributed by atoms with Gasteiger partial charge in [-0.2, -0.15) is 8.42 Å². The van der Waals surface area contributed by atoms with Crippen LogP contribution in [0.5, 0.6) is 0 Å². The summed E-state index contributed by atoms with van der Waals surface area (Å²) in [7, 11) is -3.97. The number of anilines is 1. The SMILES string of the molecule is Cc1ccc(C(CNC(=O)C2=NS(=O)(=O)c3cc(I)ccc3N2)c2ncco2)cc1. The van der Waals surface area contributed by atoms with E-state index in [1.807, 2.05) is 53.8 Å². The van der Waals surface area contributed by atoms with Gasteiger partial charge in [0, 0.05) is 10.1 Å². The number of amidine groups is 1. The van der Waals surface area contributed by atoms with Gasteiger partial charge >= 0.3 is 0 Å². The second-order valence-electron chi connectivity index (χ2n) is 6.72. The van der Waals surface area contributed by atoms with Gasteiger partial charge in [-0.15, -0.1) is 4.40 Å². The van der Waals surface area contributed by atoms with Gasteiger partial charge in [0.2, 0.25) is 11.7 Å². The van der Waals surface area contributed by atoms with Gasteiger partial charge in [0.15, 0.2) is 0 Å². The fourth-order valence-electron chi connectivity index (χ4n) is 3.06. The highest BCUT2D eigenvalue weighted by Crippen LogP contribution is 2.29. The zero-order chi connectivity index (χ0) is 21.3. The maximum absolute atomic E-state index is 12.7. The Kier molecular flexibility index (Phi) is 5.60. The number of aromatic nitrogens is 1. The number of hydrogen-bond acceptors (Lipinski definition) is 6. The lowest BCUT2D eigenvalue weighted by molar-refractivity contribution is -0.114. The van der Waals surface area contributed by atoms with E-state index in [-0.39, 0.29) is 23.2 Å². The molecule has 1 aliphatic heterocycles. The van der Waals surface area contributed by atoms with Crippen LogP contribution in [0.4, 0.5) is 5.69 Å². The molecule has 8 nitrogen and oxygen atoms in total. The Morgan fingerprint density at radius 3 is 2.70 bits per heavy atom. The van der Waals surface area contributed by atoms with Crippen molar-refractivity contribution in [1.82, 2.24) is 10.3 Å². The first-order valence-electron chi connectivity index (χ1n) is 8.99. The molecule has 154 valence electrons. The minimum Gasteiger partial charge on any atom is -0.448 e. The molecule has 2 heterocycles. The quantitative estimate of drug-likeness (QED) is 0.485. The zero-order valence-corrected chi connectivity index (χ0v) is 18.8. The minimum absolute atomic E-state index is 0.0447. The number of rotatable bonds is 5. The third kappa shape index (κ3) is 4.24. The standard InChI is InChI=1S/C20H17IN4O4S/c1-12-2-4-13(5-3-12)15(20-22-8-9-29-20)11-23-19(26)18-24-16-7-6-14(21)10-17(16)30(27,28)25-18/h2-10,15H,11H2,1H3,(H,23,26)(H,24,25). The van der Waals surface area contributed by atoms with Gasteiger partial charge in [0.25, 0.3) is 15.9 Å². The van der Waals surface area contributed by atoms with Crippen molar-refractivity contribution in [2.24, 2.45) is 4.40 Å². The summed E-state index contributed by atoms with van der Waals surface area (Å²) < 4.78 is 34.8. The average molecular weight is 536 g/mol. The van der Waals surface area contributed by atoms with Crippen LogP contribution < -0.4 is 10.6 Å². The maximum Gasteiger partial charge on any atom is 0.287 e. The van der Waals surface area contributed by atoms with Crippen LogP contribution in [0.1, 0.15) is 22.9 Å². The van der Waals surface area contributed by atoms with Gasteiger partial charge in [0.05, 0.1) is 17.8 Å². The van der Waals surface area contributed by atoms with Gasteiger partial charge in [-0.1, -0.05) is 29.8 Å². The Balaban J connectivity index is 1.55. The van der Waals surface area contributed by atoms with Crippen LogP contribution >= 0.6 is 22.6 Å². The van der Waals surface area contributed by atoms with Crippen molar-refractivity contribution in [3.8, 4) is 0 Å². The molecule has 4 rings (SSSR count). The maximum atomic E-state index is 12.7. The van der Waals surface area contributed by atoms with Crippen LogP contribution in [0, 0.1) is 10.5 Å². The first kappa shape index (κ1) is 20.5. The summed E-state index contributed by atoms with van der Waals surface area (Å²) in [5.41, 5.74) is 2.33. The molecule has 0 saturated heterocycles. The van der Waals surface area contributed by atoms with Crippen molar-refractivity contribution in [3.05, 3.63) is 75.5 Å². The van der Waals surface area contributed by atoms with E-state index in [4.69, 9.17) is 4.42 Å². The van der Waals surface area contributed by atoms with Crippen molar-refractivity contribution in [2.45, 2.75) is 17.7 Å². The largest absolute Gasteiger partial charge is 0.448 e. The van der Waals surface area contributed by atoms with E-state index in [1.165, 1.54) is 18.5 Å². The Bertz CT molecular complexity index is 1220. The number of carbonyl (C=O) groups is 1. The van der Waals surface area contributed by atoms with E-state index >= 15 is 0 Å². The minimum atomic E-state index is -3.97. The summed E-state index contributed by atoms with van der Waals surface area (Å²) in [4.78, 5) is 17.0. The highest BCUT2D eigenvalue weighted by Gasteiger charge is 2.29. The molecule has 10 heteroatoms. The number of aryl methyl sites for hydroxylation is 1. The highest BCUT2D eigenvalue weighted by atomic mass is 127. The number of fused-ring (bicyclic) bond motifs is 1. The highest BCUT2D eigenvalue weighted by molar-refractivity contribution is 14.1. The third-order valence-corrected chi connectivity index (χ3v) is 6.58. The lowest BCUT2D eigenvalue weighted by Gasteiger charge is -2.19. The topological polar surface area (TPSA) is 114 Å². The van der Waals surface area contributed by atoms with Gasteiger partial charge in [-0.25, -0.2) is 4.98 Å². The van der Waals surface area contributed by atoms with E-state index in [1.54, 1.807) is 12.1 Å². The number of nitrogens with one attached hydrogen (secondary N) is 2. The molecule has 0 aliphatic carbocycles. The molecule has 0 saturated carbocycles. The van der Waals surface area contributed by atoms with Crippen LogP contribution in [-0.4, -0.2) is 31.7 Å². The van der Waals surface area contributed by atoms with E-state index in [9.17, 15) is 13.2 Å². The van der Waals surface area contributed by atoms with Crippen LogP contribution in [0.2, 0.25) is 0 Å². The molecule has 0 spiro atoms. The molecule has 0 radical (unpaired) electrons. The number of sulfonamides is 1. The van der Waals surface area contributed by atoms with Crippen LogP contribution in [-0.2, 0) is 14.8 Å². The van der Waals surface area contributed by atoms with Gasteiger partial charge in [-0.3, -0.25) is 4.79 Å². The van der Waals surface area contributed by atoms with E-state index in [2.05, 4.69) is 20.0 Å². The molecular formula is C20H17IN4O4S. The lowest BCUT2D eigenvalue weighted by Crippen LogP contribution is -2.40. The van der Waals surface area contributed by atoms with E-state index in [0.717, 1.165) is 14.7 Å². The summed E-state index contributed by atoms with van der Waals surface area (Å²) in [5, 5.41) is 5.54. The molecule has 0 fully saturated rings. The van der Waals surface area contributed by atoms with Crippen LogP contribution in [0.25, 0.3) is 0 Å². The molecule has 2 aromatic carbocycles. The number of amides is 1. The lowest BCUT2D eigenvalue weighted by atomic mass is 9.98. The number of benzene rings is 2. The number of hydrogen-bond donors (Lipinski definition) is 2. The molecule has 1 aliphatic rings. The average Bonchev–Trinajstić information content (AvgIpc) is 3.24. The molecule has 1 atom stereocenters. The Hall–Kier alpha value is -2.73. The smallest absolute Gasteiger partial charge is 0.287 e. The molecule has 0 bridgehead atoms. The number of oxazole rings is 1.